The molecule has 1 aliphatic rings. The van der Waals surface area contributed by atoms with Crippen molar-refractivity contribution in [1.82, 2.24) is 9.97 Å². The summed E-state index contributed by atoms with van der Waals surface area (Å²) in [5.41, 5.74) is 0. The molecule has 3 rings (SSSR count). The van der Waals surface area contributed by atoms with Crippen molar-refractivity contribution >= 4 is 11.8 Å². The van der Waals surface area contributed by atoms with Gasteiger partial charge in [-0.3, -0.25) is 0 Å². The molecular formula is C18H24N4O2. The third kappa shape index (κ3) is 4.75. The lowest BCUT2D eigenvalue weighted by Crippen LogP contribution is -2.18. The van der Waals surface area contributed by atoms with Crippen LogP contribution >= 0.6 is 0 Å². The van der Waals surface area contributed by atoms with Crippen LogP contribution in [0.1, 0.15) is 25.7 Å². The summed E-state index contributed by atoms with van der Waals surface area (Å²) in [7, 11) is 1.65. The van der Waals surface area contributed by atoms with Crippen LogP contribution in [-0.4, -0.2) is 36.3 Å². The zero-order chi connectivity index (χ0) is 16.6. The summed E-state index contributed by atoms with van der Waals surface area (Å²) in [6, 6.07) is 9.94. The summed E-state index contributed by atoms with van der Waals surface area (Å²) in [5, 5.41) is 6.66. The number of aromatic nitrogens is 2. The Morgan fingerprint density at radius 3 is 2.58 bits per heavy atom. The standard InChI is InChI=1S/C18H24N4O2/c1-23-15-6-8-16(9-7-15)24-13-12-19-17-10-11-20-18(22-17)21-14-4-2-3-5-14/h6-11,14H,2-5,12-13H2,1H3,(H2,19,20,21,22). The van der Waals surface area contributed by atoms with Gasteiger partial charge in [0.1, 0.15) is 23.9 Å². The minimum Gasteiger partial charge on any atom is -0.497 e. The van der Waals surface area contributed by atoms with Gasteiger partial charge in [-0.2, -0.15) is 4.98 Å². The maximum atomic E-state index is 5.69. The quantitative estimate of drug-likeness (QED) is 0.725. The molecule has 2 N–H and O–H groups in total. The van der Waals surface area contributed by atoms with E-state index in [1.165, 1.54) is 25.7 Å². The highest BCUT2D eigenvalue weighted by molar-refractivity contribution is 5.40. The number of nitrogens with zero attached hydrogens (tertiary/aromatic N) is 2. The molecule has 0 radical (unpaired) electrons. The van der Waals surface area contributed by atoms with E-state index in [0.717, 1.165) is 17.3 Å². The summed E-state index contributed by atoms with van der Waals surface area (Å²) >= 11 is 0. The summed E-state index contributed by atoms with van der Waals surface area (Å²) < 4.78 is 10.8. The van der Waals surface area contributed by atoms with E-state index in [0.29, 0.717) is 25.1 Å². The van der Waals surface area contributed by atoms with E-state index >= 15 is 0 Å². The molecule has 0 bridgehead atoms. The first-order valence-electron chi connectivity index (χ1n) is 8.44. The molecule has 1 aromatic heterocycles. The fourth-order valence-corrected chi connectivity index (χ4v) is 2.80. The van der Waals surface area contributed by atoms with Gasteiger partial charge in [-0.1, -0.05) is 12.8 Å². The van der Waals surface area contributed by atoms with E-state index in [1.807, 2.05) is 30.3 Å². The van der Waals surface area contributed by atoms with Gasteiger partial charge in [0, 0.05) is 12.2 Å². The van der Waals surface area contributed by atoms with E-state index in [9.17, 15) is 0 Å². The minimum absolute atomic E-state index is 0.513. The molecular weight excluding hydrogens is 304 g/mol. The van der Waals surface area contributed by atoms with Gasteiger partial charge in [0.2, 0.25) is 5.95 Å². The Balaban J connectivity index is 1.42. The Morgan fingerprint density at radius 2 is 1.83 bits per heavy atom. The summed E-state index contributed by atoms with van der Waals surface area (Å²) in [6.45, 7) is 1.23. The molecule has 2 aromatic rings. The van der Waals surface area contributed by atoms with Crippen LogP contribution < -0.4 is 20.1 Å². The second-order valence-corrected chi connectivity index (χ2v) is 5.84. The lowest BCUT2D eigenvalue weighted by atomic mass is 10.2. The molecule has 1 aromatic carbocycles. The highest BCUT2D eigenvalue weighted by Gasteiger charge is 2.15. The van der Waals surface area contributed by atoms with Gasteiger partial charge in [0.05, 0.1) is 13.7 Å². The first kappa shape index (κ1) is 16.4. The Kier molecular flexibility index (Phi) is 5.71. The number of anilines is 2. The second kappa shape index (κ2) is 8.38. The van der Waals surface area contributed by atoms with Crippen LogP contribution in [0.5, 0.6) is 11.5 Å². The largest absolute Gasteiger partial charge is 0.497 e. The van der Waals surface area contributed by atoms with Gasteiger partial charge in [-0.15, -0.1) is 0 Å². The summed E-state index contributed by atoms with van der Waals surface area (Å²) in [4.78, 5) is 8.79. The Bertz CT molecular complexity index is 627. The summed E-state index contributed by atoms with van der Waals surface area (Å²) in [5.74, 6) is 3.15. The molecule has 6 nitrogen and oxygen atoms in total. The fourth-order valence-electron chi connectivity index (χ4n) is 2.80. The van der Waals surface area contributed by atoms with Crippen molar-refractivity contribution in [2.24, 2.45) is 0 Å². The van der Waals surface area contributed by atoms with Gasteiger partial charge in [0.25, 0.3) is 0 Å². The minimum atomic E-state index is 0.513. The van der Waals surface area contributed by atoms with E-state index in [-0.39, 0.29) is 0 Å². The van der Waals surface area contributed by atoms with Crippen LogP contribution in [0.2, 0.25) is 0 Å². The van der Waals surface area contributed by atoms with Crippen molar-refractivity contribution < 1.29 is 9.47 Å². The molecule has 128 valence electrons. The van der Waals surface area contributed by atoms with Crippen molar-refractivity contribution in [2.45, 2.75) is 31.7 Å². The number of hydrogen-bond acceptors (Lipinski definition) is 6. The molecule has 1 aliphatic carbocycles. The van der Waals surface area contributed by atoms with Crippen molar-refractivity contribution in [3.63, 3.8) is 0 Å². The molecule has 0 saturated heterocycles. The SMILES string of the molecule is COc1ccc(OCCNc2ccnc(NC3CCCC3)n2)cc1. The average Bonchev–Trinajstić information content (AvgIpc) is 3.13. The molecule has 0 spiro atoms. The predicted octanol–water partition coefficient (Wildman–Crippen LogP) is 3.33. The van der Waals surface area contributed by atoms with Crippen molar-refractivity contribution in [2.75, 3.05) is 30.9 Å². The third-order valence-electron chi connectivity index (χ3n) is 4.08. The Labute approximate surface area is 142 Å². The number of rotatable bonds is 8. The molecule has 1 fully saturated rings. The Morgan fingerprint density at radius 1 is 1.08 bits per heavy atom. The average molecular weight is 328 g/mol. The van der Waals surface area contributed by atoms with Crippen molar-refractivity contribution in [3.05, 3.63) is 36.5 Å². The lowest BCUT2D eigenvalue weighted by molar-refractivity contribution is 0.331. The number of benzene rings is 1. The molecule has 0 aliphatic heterocycles. The maximum absolute atomic E-state index is 5.69. The van der Waals surface area contributed by atoms with Gasteiger partial charge in [-0.25, -0.2) is 4.98 Å². The van der Waals surface area contributed by atoms with E-state index in [2.05, 4.69) is 20.6 Å². The topological polar surface area (TPSA) is 68.3 Å². The van der Waals surface area contributed by atoms with Crippen LogP contribution in [0, 0.1) is 0 Å². The zero-order valence-corrected chi connectivity index (χ0v) is 14.0. The van der Waals surface area contributed by atoms with Crippen LogP contribution in [0.4, 0.5) is 11.8 Å². The van der Waals surface area contributed by atoms with E-state index in [4.69, 9.17) is 9.47 Å². The molecule has 6 heteroatoms. The lowest BCUT2D eigenvalue weighted by Gasteiger charge is -2.13. The predicted molar refractivity (Wildman–Crippen MR) is 94.9 cm³/mol. The van der Waals surface area contributed by atoms with E-state index < -0.39 is 0 Å². The van der Waals surface area contributed by atoms with Crippen LogP contribution in [0.25, 0.3) is 0 Å². The second-order valence-electron chi connectivity index (χ2n) is 5.84. The molecule has 1 heterocycles. The fraction of sp³-hybridized carbons (Fsp3) is 0.444. The first-order chi connectivity index (χ1) is 11.8. The zero-order valence-electron chi connectivity index (χ0n) is 14.0. The maximum Gasteiger partial charge on any atom is 0.224 e. The van der Waals surface area contributed by atoms with E-state index in [1.54, 1.807) is 13.3 Å². The van der Waals surface area contributed by atoms with Gasteiger partial charge in [-0.05, 0) is 43.2 Å². The third-order valence-corrected chi connectivity index (χ3v) is 4.08. The first-order valence-corrected chi connectivity index (χ1v) is 8.44. The normalized spacial score (nSPS) is 14.4. The molecule has 0 unspecified atom stereocenters. The molecule has 24 heavy (non-hydrogen) atoms. The van der Waals surface area contributed by atoms with Crippen LogP contribution in [-0.2, 0) is 0 Å². The molecule has 1 saturated carbocycles. The monoisotopic (exact) mass is 328 g/mol. The highest BCUT2D eigenvalue weighted by atomic mass is 16.5. The van der Waals surface area contributed by atoms with Gasteiger partial charge >= 0.3 is 0 Å². The highest BCUT2D eigenvalue weighted by Crippen LogP contribution is 2.21. The van der Waals surface area contributed by atoms with Crippen LogP contribution in [0.3, 0.4) is 0 Å². The number of nitrogens with one attached hydrogen (secondary N) is 2. The van der Waals surface area contributed by atoms with Crippen molar-refractivity contribution in [3.8, 4) is 11.5 Å². The summed E-state index contributed by atoms with van der Waals surface area (Å²) in [6.07, 6.45) is 6.76. The molecule has 0 atom stereocenters. The number of ether oxygens (including phenoxy) is 2. The number of hydrogen-bond donors (Lipinski definition) is 2. The van der Waals surface area contributed by atoms with Gasteiger partial charge < -0.3 is 20.1 Å². The smallest absolute Gasteiger partial charge is 0.224 e. The van der Waals surface area contributed by atoms with Crippen molar-refractivity contribution in [1.29, 1.82) is 0 Å². The number of methoxy groups -OCH3 is 1. The van der Waals surface area contributed by atoms with Crippen LogP contribution in [0.15, 0.2) is 36.5 Å². The molecule has 0 amide bonds. The van der Waals surface area contributed by atoms with Gasteiger partial charge in [0.15, 0.2) is 0 Å². The Hall–Kier alpha value is -2.50.